The predicted molar refractivity (Wildman–Crippen MR) is 69.0 cm³/mol. The summed E-state index contributed by atoms with van der Waals surface area (Å²) in [7, 11) is 1.64. The summed E-state index contributed by atoms with van der Waals surface area (Å²) in [6.45, 7) is -0.779. The molecule has 2 amide bonds. The number of amides is 2. The average molecular weight is 281 g/mol. The molecule has 20 heavy (non-hydrogen) atoms. The Kier molecular flexibility index (Phi) is 5.88. The zero-order valence-electron chi connectivity index (χ0n) is 10.9. The van der Waals surface area contributed by atoms with E-state index in [1.165, 1.54) is 4.90 Å². The number of anilines is 1. The fourth-order valence-electron chi connectivity index (χ4n) is 1.25. The summed E-state index contributed by atoms with van der Waals surface area (Å²) in [5.74, 6) is -1.73. The minimum absolute atomic E-state index is 0.0176. The lowest BCUT2D eigenvalue weighted by Gasteiger charge is -2.15. The lowest BCUT2D eigenvalue weighted by molar-refractivity contribution is -0.137. The number of carboxylic acid groups (broad SMARTS) is 1. The van der Waals surface area contributed by atoms with Gasteiger partial charge in [0.25, 0.3) is 0 Å². The zero-order valence-corrected chi connectivity index (χ0v) is 10.9. The van der Waals surface area contributed by atoms with E-state index in [1.54, 1.807) is 25.5 Å². The number of carbonyl (C=O) groups excluding carboxylic acids is 2. The van der Waals surface area contributed by atoms with Crippen LogP contribution in [-0.4, -0.2) is 59.5 Å². The second-order valence-electron chi connectivity index (χ2n) is 3.85. The van der Waals surface area contributed by atoms with Crippen LogP contribution in [0.5, 0.6) is 0 Å². The number of likely N-dealkylation sites (N-methyl/N-ethyl adjacent to an activating group) is 1. The van der Waals surface area contributed by atoms with Gasteiger partial charge in [0.05, 0.1) is 13.1 Å². The van der Waals surface area contributed by atoms with Crippen molar-refractivity contribution in [3.63, 3.8) is 0 Å². The van der Waals surface area contributed by atoms with E-state index in [4.69, 9.17) is 5.11 Å². The van der Waals surface area contributed by atoms with Crippen LogP contribution in [0.1, 0.15) is 0 Å². The van der Waals surface area contributed by atoms with E-state index in [0.29, 0.717) is 5.95 Å². The van der Waals surface area contributed by atoms with Crippen molar-refractivity contribution in [1.82, 2.24) is 20.6 Å². The molecular formula is C11H15N5O4. The summed E-state index contributed by atoms with van der Waals surface area (Å²) >= 11 is 0. The van der Waals surface area contributed by atoms with Gasteiger partial charge in [-0.3, -0.25) is 14.4 Å². The molecule has 1 rings (SSSR count). The van der Waals surface area contributed by atoms with Gasteiger partial charge in [0.1, 0.15) is 6.54 Å². The predicted octanol–water partition coefficient (Wildman–Crippen LogP) is -1.77. The summed E-state index contributed by atoms with van der Waals surface area (Å²) < 4.78 is 0. The van der Waals surface area contributed by atoms with Crippen LogP contribution in [0.2, 0.25) is 0 Å². The first-order chi connectivity index (χ1) is 9.49. The number of nitrogens with zero attached hydrogens (tertiary/aromatic N) is 3. The number of rotatable bonds is 7. The third-order valence-corrected chi connectivity index (χ3v) is 2.16. The molecule has 0 saturated heterocycles. The van der Waals surface area contributed by atoms with Gasteiger partial charge in [-0.15, -0.1) is 0 Å². The van der Waals surface area contributed by atoms with Gasteiger partial charge in [0.2, 0.25) is 17.8 Å². The fourth-order valence-corrected chi connectivity index (χ4v) is 1.25. The molecule has 9 heteroatoms. The van der Waals surface area contributed by atoms with Gasteiger partial charge in [0.15, 0.2) is 0 Å². The highest BCUT2D eigenvalue weighted by molar-refractivity contribution is 5.88. The second kappa shape index (κ2) is 7.67. The summed E-state index contributed by atoms with van der Waals surface area (Å²) in [6.07, 6.45) is 3.10. The van der Waals surface area contributed by atoms with Crippen molar-refractivity contribution in [2.45, 2.75) is 0 Å². The topological polar surface area (TPSA) is 125 Å². The Balaban J connectivity index is 2.30. The van der Waals surface area contributed by atoms with E-state index in [-0.39, 0.29) is 13.1 Å². The number of carboxylic acids is 1. The number of nitrogens with one attached hydrogen (secondary N) is 2. The van der Waals surface area contributed by atoms with E-state index in [1.807, 2.05) is 0 Å². The van der Waals surface area contributed by atoms with Crippen LogP contribution in [0.15, 0.2) is 18.5 Å². The highest BCUT2D eigenvalue weighted by atomic mass is 16.4. The Morgan fingerprint density at radius 3 is 2.35 bits per heavy atom. The summed E-state index contributed by atoms with van der Waals surface area (Å²) in [5.41, 5.74) is 0. The van der Waals surface area contributed by atoms with Gasteiger partial charge in [0, 0.05) is 19.4 Å². The molecule has 0 atom stereocenters. The Bertz CT molecular complexity index is 479. The minimum atomic E-state index is -1.15. The third kappa shape index (κ3) is 5.76. The average Bonchev–Trinajstić information content (AvgIpc) is 2.43. The van der Waals surface area contributed by atoms with Crippen molar-refractivity contribution in [2.24, 2.45) is 0 Å². The summed E-state index contributed by atoms with van der Waals surface area (Å²) in [4.78, 5) is 42.4. The molecule has 1 aromatic heterocycles. The molecule has 1 aromatic rings. The van der Waals surface area contributed by atoms with E-state index < -0.39 is 24.3 Å². The minimum Gasteiger partial charge on any atom is -0.480 e. The van der Waals surface area contributed by atoms with Crippen molar-refractivity contribution in [3.05, 3.63) is 18.5 Å². The number of aliphatic carboxylic acids is 1. The molecule has 108 valence electrons. The highest BCUT2D eigenvalue weighted by Gasteiger charge is 2.10. The Morgan fingerprint density at radius 2 is 1.75 bits per heavy atom. The van der Waals surface area contributed by atoms with Crippen LogP contribution < -0.4 is 15.5 Å². The molecule has 0 aliphatic carbocycles. The standard InChI is InChI=1S/C11H15N5O4/c1-16(11-12-3-2-4-13-11)7-9(18)14-5-8(17)15-6-10(19)20/h2-4H,5-7H2,1H3,(H,14,18)(H,15,17)(H,19,20). The molecule has 0 radical (unpaired) electrons. The Morgan fingerprint density at radius 1 is 1.15 bits per heavy atom. The molecule has 0 bridgehead atoms. The molecule has 1 heterocycles. The largest absolute Gasteiger partial charge is 0.480 e. The number of hydrogen-bond acceptors (Lipinski definition) is 6. The van der Waals surface area contributed by atoms with Crippen molar-refractivity contribution in [2.75, 3.05) is 31.6 Å². The number of hydrogen-bond donors (Lipinski definition) is 3. The van der Waals surface area contributed by atoms with Crippen LogP contribution in [0, 0.1) is 0 Å². The third-order valence-electron chi connectivity index (χ3n) is 2.16. The molecule has 0 aliphatic rings. The van der Waals surface area contributed by atoms with Crippen molar-refractivity contribution < 1.29 is 19.5 Å². The lowest BCUT2D eigenvalue weighted by atomic mass is 10.4. The molecule has 0 fully saturated rings. The van der Waals surface area contributed by atoms with E-state index in [9.17, 15) is 14.4 Å². The first-order valence-corrected chi connectivity index (χ1v) is 5.72. The van der Waals surface area contributed by atoms with Gasteiger partial charge in [-0.2, -0.15) is 0 Å². The first-order valence-electron chi connectivity index (χ1n) is 5.72. The maximum absolute atomic E-state index is 11.6. The van der Waals surface area contributed by atoms with Gasteiger partial charge < -0.3 is 20.6 Å². The summed E-state index contributed by atoms with van der Waals surface area (Å²) in [5, 5.41) is 12.9. The van der Waals surface area contributed by atoms with Gasteiger partial charge >= 0.3 is 5.97 Å². The van der Waals surface area contributed by atoms with E-state index in [2.05, 4.69) is 20.6 Å². The molecule has 3 N–H and O–H groups in total. The van der Waals surface area contributed by atoms with Crippen LogP contribution in [0.25, 0.3) is 0 Å². The maximum Gasteiger partial charge on any atom is 0.322 e. The quantitative estimate of drug-likeness (QED) is 0.540. The fraction of sp³-hybridized carbons (Fsp3) is 0.364. The second-order valence-corrected chi connectivity index (χ2v) is 3.85. The van der Waals surface area contributed by atoms with Gasteiger partial charge in [-0.1, -0.05) is 0 Å². The van der Waals surface area contributed by atoms with Crippen molar-refractivity contribution >= 4 is 23.7 Å². The molecular weight excluding hydrogens is 266 g/mol. The van der Waals surface area contributed by atoms with Crippen LogP contribution in [-0.2, 0) is 14.4 Å². The van der Waals surface area contributed by atoms with Crippen LogP contribution >= 0.6 is 0 Å². The van der Waals surface area contributed by atoms with E-state index >= 15 is 0 Å². The molecule has 0 aromatic carbocycles. The highest BCUT2D eigenvalue weighted by Crippen LogP contribution is 2.00. The monoisotopic (exact) mass is 281 g/mol. The molecule has 0 spiro atoms. The maximum atomic E-state index is 11.6. The smallest absolute Gasteiger partial charge is 0.322 e. The first kappa shape index (κ1) is 15.3. The summed E-state index contributed by atoms with van der Waals surface area (Å²) in [6, 6.07) is 1.66. The van der Waals surface area contributed by atoms with Crippen molar-refractivity contribution in [1.29, 1.82) is 0 Å². The number of carbonyl (C=O) groups is 3. The van der Waals surface area contributed by atoms with Crippen LogP contribution in [0.3, 0.4) is 0 Å². The number of aromatic nitrogens is 2. The zero-order chi connectivity index (χ0) is 15.0. The van der Waals surface area contributed by atoms with Gasteiger partial charge in [-0.25, -0.2) is 9.97 Å². The van der Waals surface area contributed by atoms with Crippen molar-refractivity contribution in [3.8, 4) is 0 Å². The molecule has 0 unspecified atom stereocenters. The normalized spacial score (nSPS) is 9.65. The Labute approximate surface area is 115 Å². The van der Waals surface area contributed by atoms with Crippen LogP contribution in [0.4, 0.5) is 5.95 Å². The molecule has 0 saturated carbocycles. The SMILES string of the molecule is CN(CC(=O)NCC(=O)NCC(=O)O)c1ncccn1. The lowest BCUT2D eigenvalue weighted by Crippen LogP contribution is -2.42. The Hall–Kier alpha value is -2.71. The van der Waals surface area contributed by atoms with E-state index in [0.717, 1.165) is 0 Å². The molecule has 9 nitrogen and oxygen atoms in total. The molecule has 0 aliphatic heterocycles. The van der Waals surface area contributed by atoms with Gasteiger partial charge in [-0.05, 0) is 6.07 Å².